The van der Waals surface area contributed by atoms with Crippen molar-refractivity contribution in [1.29, 1.82) is 0 Å². The molecule has 0 amide bonds. The number of hydrogen-bond donors (Lipinski definition) is 1. The lowest BCUT2D eigenvalue weighted by Crippen LogP contribution is -2.25. The fourth-order valence-electron chi connectivity index (χ4n) is 2.02. The number of hydrogen-bond acceptors (Lipinski definition) is 1. The molecule has 0 saturated carbocycles. The van der Waals surface area contributed by atoms with Crippen LogP contribution in [0.25, 0.3) is 0 Å². The van der Waals surface area contributed by atoms with Gasteiger partial charge in [-0.15, -0.1) is 0 Å². The first-order chi connectivity index (χ1) is 9.04. The zero-order chi connectivity index (χ0) is 13.8. The third-order valence-electron chi connectivity index (χ3n) is 2.88. The lowest BCUT2D eigenvalue weighted by molar-refractivity contribution is 0.617. The minimum Gasteiger partial charge on any atom is -0.327 e. The summed E-state index contributed by atoms with van der Waals surface area (Å²) in [5.41, 5.74) is 8.23. The van der Waals surface area contributed by atoms with Crippen molar-refractivity contribution in [1.82, 2.24) is 0 Å². The van der Waals surface area contributed by atoms with E-state index in [1.807, 2.05) is 18.2 Å². The van der Waals surface area contributed by atoms with E-state index in [0.717, 1.165) is 20.9 Å². The molecule has 2 aromatic carbocycles. The van der Waals surface area contributed by atoms with E-state index < -0.39 is 0 Å². The zero-order valence-electron chi connectivity index (χ0n) is 10.2. The first-order valence-electron chi connectivity index (χ1n) is 5.98. The van der Waals surface area contributed by atoms with Crippen LogP contribution in [0.5, 0.6) is 0 Å². The highest BCUT2D eigenvalue weighted by atomic mass is 79.9. The molecule has 0 bridgehead atoms. The summed E-state index contributed by atoms with van der Waals surface area (Å²) >= 11 is 6.87. The predicted molar refractivity (Wildman–Crippen MR) is 83.6 cm³/mol. The van der Waals surface area contributed by atoms with Crippen molar-refractivity contribution >= 4 is 31.9 Å². The van der Waals surface area contributed by atoms with Gasteiger partial charge in [0.15, 0.2) is 0 Å². The molecular formula is C15H14Br2FN. The minimum absolute atomic E-state index is 0.0348. The molecule has 0 aliphatic rings. The fraction of sp³-hybridized carbons (Fsp3) is 0.200. The van der Waals surface area contributed by atoms with Crippen LogP contribution >= 0.6 is 31.9 Å². The van der Waals surface area contributed by atoms with E-state index in [1.165, 1.54) is 17.7 Å². The standard InChI is InChI=1S/C15H14Br2FN/c16-12-3-1-2-10(6-12)7-14(19)9-11-8-13(18)4-5-15(11)17/h1-6,8,14H,7,9,19H2. The number of nitrogens with two attached hydrogens (primary N) is 1. The Morgan fingerprint density at radius 3 is 2.58 bits per heavy atom. The van der Waals surface area contributed by atoms with Gasteiger partial charge in [0.2, 0.25) is 0 Å². The molecule has 0 aliphatic carbocycles. The lowest BCUT2D eigenvalue weighted by atomic mass is 10.00. The number of halogens is 3. The van der Waals surface area contributed by atoms with Crippen LogP contribution in [-0.4, -0.2) is 6.04 Å². The summed E-state index contributed by atoms with van der Waals surface area (Å²) in [6.45, 7) is 0. The van der Waals surface area contributed by atoms with Crippen molar-refractivity contribution in [2.45, 2.75) is 18.9 Å². The van der Waals surface area contributed by atoms with E-state index >= 15 is 0 Å². The van der Waals surface area contributed by atoms with Crippen LogP contribution in [0.2, 0.25) is 0 Å². The second-order valence-electron chi connectivity index (χ2n) is 4.53. The van der Waals surface area contributed by atoms with Crippen molar-refractivity contribution in [2.24, 2.45) is 5.73 Å². The van der Waals surface area contributed by atoms with Crippen LogP contribution in [0.1, 0.15) is 11.1 Å². The van der Waals surface area contributed by atoms with Gasteiger partial charge in [-0.2, -0.15) is 0 Å². The van der Waals surface area contributed by atoms with E-state index in [0.29, 0.717) is 6.42 Å². The van der Waals surface area contributed by atoms with Gasteiger partial charge in [-0.25, -0.2) is 4.39 Å². The van der Waals surface area contributed by atoms with E-state index in [2.05, 4.69) is 37.9 Å². The van der Waals surface area contributed by atoms with Crippen LogP contribution in [0, 0.1) is 5.82 Å². The normalized spacial score (nSPS) is 12.4. The Morgan fingerprint density at radius 1 is 1.05 bits per heavy atom. The maximum absolute atomic E-state index is 13.2. The van der Waals surface area contributed by atoms with Crippen LogP contribution in [-0.2, 0) is 12.8 Å². The lowest BCUT2D eigenvalue weighted by Gasteiger charge is -2.13. The number of benzene rings is 2. The molecule has 0 saturated heterocycles. The minimum atomic E-state index is -0.229. The fourth-order valence-corrected chi connectivity index (χ4v) is 2.88. The highest BCUT2D eigenvalue weighted by molar-refractivity contribution is 9.10. The van der Waals surface area contributed by atoms with Gasteiger partial charge in [-0.05, 0) is 54.3 Å². The maximum atomic E-state index is 13.2. The molecular weight excluding hydrogens is 373 g/mol. The Labute approximate surface area is 129 Å². The second kappa shape index (κ2) is 6.64. The Bertz CT molecular complexity index is 572. The summed E-state index contributed by atoms with van der Waals surface area (Å²) in [5, 5.41) is 0. The van der Waals surface area contributed by atoms with Gasteiger partial charge in [-0.1, -0.05) is 44.0 Å². The largest absolute Gasteiger partial charge is 0.327 e. The molecule has 19 heavy (non-hydrogen) atoms. The van der Waals surface area contributed by atoms with Gasteiger partial charge in [-0.3, -0.25) is 0 Å². The van der Waals surface area contributed by atoms with Gasteiger partial charge in [0.1, 0.15) is 5.82 Å². The summed E-state index contributed by atoms with van der Waals surface area (Å²) in [4.78, 5) is 0. The average molecular weight is 387 g/mol. The molecule has 1 atom stereocenters. The smallest absolute Gasteiger partial charge is 0.123 e. The van der Waals surface area contributed by atoms with Gasteiger partial charge in [0.05, 0.1) is 0 Å². The van der Waals surface area contributed by atoms with Gasteiger partial charge >= 0.3 is 0 Å². The van der Waals surface area contributed by atoms with E-state index in [1.54, 1.807) is 6.07 Å². The molecule has 100 valence electrons. The first-order valence-corrected chi connectivity index (χ1v) is 7.57. The summed E-state index contributed by atoms with van der Waals surface area (Å²) in [7, 11) is 0. The van der Waals surface area contributed by atoms with Crippen LogP contribution in [0.3, 0.4) is 0 Å². The summed E-state index contributed by atoms with van der Waals surface area (Å²) < 4.78 is 15.2. The molecule has 0 spiro atoms. The molecule has 2 aromatic rings. The van der Waals surface area contributed by atoms with E-state index in [-0.39, 0.29) is 11.9 Å². The first kappa shape index (κ1) is 14.7. The monoisotopic (exact) mass is 385 g/mol. The summed E-state index contributed by atoms with van der Waals surface area (Å²) in [5.74, 6) is -0.229. The van der Waals surface area contributed by atoms with Crippen molar-refractivity contribution in [3.63, 3.8) is 0 Å². The van der Waals surface area contributed by atoms with Crippen molar-refractivity contribution in [3.05, 3.63) is 68.4 Å². The second-order valence-corrected chi connectivity index (χ2v) is 6.30. The molecule has 1 unspecified atom stereocenters. The Hall–Kier alpha value is -0.710. The van der Waals surface area contributed by atoms with Gasteiger partial charge < -0.3 is 5.73 Å². The highest BCUT2D eigenvalue weighted by Gasteiger charge is 2.09. The Kier molecular flexibility index (Phi) is 5.13. The van der Waals surface area contributed by atoms with Crippen molar-refractivity contribution < 1.29 is 4.39 Å². The molecule has 2 rings (SSSR count). The molecule has 4 heteroatoms. The third kappa shape index (κ3) is 4.41. The molecule has 0 heterocycles. The third-order valence-corrected chi connectivity index (χ3v) is 4.14. The quantitative estimate of drug-likeness (QED) is 0.824. The SMILES string of the molecule is NC(Cc1cccc(Br)c1)Cc1cc(F)ccc1Br. The molecule has 2 N–H and O–H groups in total. The average Bonchev–Trinajstić information content (AvgIpc) is 2.34. The Morgan fingerprint density at radius 2 is 1.84 bits per heavy atom. The van der Waals surface area contributed by atoms with Crippen LogP contribution in [0.4, 0.5) is 4.39 Å². The van der Waals surface area contributed by atoms with Gasteiger partial charge in [0, 0.05) is 15.0 Å². The topological polar surface area (TPSA) is 26.0 Å². The predicted octanol–water partition coefficient (Wildman–Crippen LogP) is 4.46. The molecule has 0 aliphatic heterocycles. The molecule has 1 nitrogen and oxygen atoms in total. The van der Waals surface area contributed by atoms with E-state index in [4.69, 9.17) is 5.73 Å². The molecule has 0 aromatic heterocycles. The maximum Gasteiger partial charge on any atom is 0.123 e. The highest BCUT2D eigenvalue weighted by Crippen LogP contribution is 2.20. The van der Waals surface area contributed by atoms with Crippen molar-refractivity contribution in [2.75, 3.05) is 0 Å². The Balaban J connectivity index is 2.05. The zero-order valence-corrected chi connectivity index (χ0v) is 13.4. The summed E-state index contributed by atoms with van der Waals surface area (Å²) in [6, 6.07) is 12.7. The summed E-state index contributed by atoms with van der Waals surface area (Å²) in [6.07, 6.45) is 1.41. The van der Waals surface area contributed by atoms with Crippen molar-refractivity contribution in [3.8, 4) is 0 Å². The van der Waals surface area contributed by atoms with E-state index in [9.17, 15) is 4.39 Å². The number of rotatable bonds is 4. The molecule has 0 radical (unpaired) electrons. The molecule has 0 fully saturated rings. The van der Waals surface area contributed by atoms with Crippen LogP contribution < -0.4 is 5.73 Å². The van der Waals surface area contributed by atoms with Gasteiger partial charge in [0.25, 0.3) is 0 Å². The van der Waals surface area contributed by atoms with Crippen LogP contribution in [0.15, 0.2) is 51.4 Å².